The second kappa shape index (κ2) is 18.7. The Kier molecular flexibility index (Phi) is 12.8. The predicted molar refractivity (Wildman–Crippen MR) is 258 cm³/mol. The highest BCUT2D eigenvalue weighted by molar-refractivity contribution is 6.33. The molecule has 1 saturated carbocycles. The van der Waals surface area contributed by atoms with Crippen LogP contribution in [0, 0.1) is 18.8 Å². The number of hydrogen-bond donors (Lipinski definition) is 2. The lowest BCUT2D eigenvalue weighted by molar-refractivity contribution is -0.144. The molecule has 9 rings (SSSR count). The summed E-state index contributed by atoms with van der Waals surface area (Å²) in [5, 5.41) is 15.5. The number of benzene rings is 4. The Labute approximate surface area is 391 Å². The Balaban J connectivity index is 1.00. The minimum Gasteiger partial charge on any atom is -0.496 e. The molecule has 4 aromatic carbocycles. The van der Waals surface area contributed by atoms with Crippen molar-refractivity contribution >= 4 is 34.9 Å². The highest BCUT2D eigenvalue weighted by Gasteiger charge is 2.54. The SMILES string of the molecule is COc1ccccc1-c1nccc(COc2ccc(C)c(-c3cc4c(cc3Cl)C[C@H](C[C@@H](C)COc3ccnc5c3[C@H](C)CCC5)C43CCC(Nc4cccc(Cl)c4)(C(=O)O)CC3)c2)n1. The maximum absolute atomic E-state index is 13.3. The van der Waals surface area contributed by atoms with E-state index in [0.29, 0.717) is 71.3 Å². The van der Waals surface area contributed by atoms with Gasteiger partial charge in [0.15, 0.2) is 5.82 Å². The molecule has 3 atom stereocenters. The number of nitrogens with one attached hydrogen (secondary N) is 1. The van der Waals surface area contributed by atoms with Gasteiger partial charge in [-0.3, -0.25) is 4.98 Å². The molecule has 0 aliphatic heterocycles. The molecule has 2 N–H and O–H groups in total. The number of nitrogens with zero attached hydrogens (tertiary/aromatic N) is 3. The highest BCUT2D eigenvalue weighted by Crippen LogP contribution is 2.57. The van der Waals surface area contributed by atoms with Gasteiger partial charge in [0.25, 0.3) is 0 Å². The maximum Gasteiger partial charge on any atom is 0.329 e. The van der Waals surface area contributed by atoms with Crippen molar-refractivity contribution in [3.8, 4) is 39.8 Å². The number of rotatable bonds is 14. The predicted octanol–water partition coefficient (Wildman–Crippen LogP) is 12.9. The summed E-state index contributed by atoms with van der Waals surface area (Å²) in [6.07, 6.45) is 11.0. The fourth-order valence-electron chi connectivity index (χ4n) is 10.9. The Morgan fingerprint density at radius 3 is 2.51 bits per heavy atom. The van der Waals surface area contributed by atoms with Gasteiger partial charge < -0.3 is 24.6 Å². The number of aliphatic carboxylic acids is 1. The molecule has 2 heterocycles. The number of halogens is 2. The minimum absolute atomic E-state index is 0.245. The summed E-state index contributed by atoms with van der Waals surface area (Å²) < 4.78 is 18.6. The topological polar surface area (TPSA) is 116 Å². The molecule has 11 heteroatoms. The first-order chi connectivity index (χ1) is 31.4. The molecule has 65 heavy (non-hydrogen) atoms. The van der Waals surface area contributed by atoms with E-state index in [4.69, 9.17) is 47.4 Å². The van der Waals surface area contributed by atoms with Gasteiger partial charge in [-0.25, -0.2) is 14.8 Å². The zero-order valence-electron chi connectivity index (χ0n) is 37.5. The lowest BCUT2D eigenvalue weighted by atomic mass is 9.59. The molecule has 6 aromatic rings. The van der Waals surface area contributed by atoms with Gasteiger partial charge in [-0.2, -0.15) is 0 Å². The number of carbonyl (C=O) groups is 1. The van der Waals surface area contributed by atoms with Crippen molar-refractivity contribution in [3.63, 3.8) is 0 Å². The smallest absolute Gasteiger partial charge is 0.329 e. The van der Waals surface area contributed by atoms with Gasteiger partial charge >= 0.3 is 5.97 Å². The van der Waals surface area contributed by atoms with E-state index in [-0.39, 0.29) is 23.9 Å². The van der Waals surface area contributed by atoms with E-state index in [1.54, 1.807) is 25.4 Å². The average Bonchev–Trinajstić information content (AvgIpc) is 3.58. The van der Waals surface area contributed by atoms with Crippen molar-refractivity contribution in [2.45, 2.75) is 102 Å². The second-order valence-electron chi connectivity index (χ2n) is 18.5. The number of ether oxygens (including phenoxy) is 3. The van der Waals surface area contributed by atoms with E-state index < -0.39 is 11.5 Å². The van der Waals surface area contributed by atoms with E-state index >= 15 is 0 Å². The van der Waals surface area contributed by atoms with Crippen molar-refractivity contribution in [2.75, 3.05) is 19.0 Å². The number of hydrogen-bond acceptors (Lipinski definition) is 8. The molecule has 0 unspecified atom stereocenters. The molecule has 0 radical (unpaired) electrons. The van der Waals surface area contributed by atoms with Crippen molar-refractivity contribution in [3.05, 3.63) is 147 Å². The second-order valence-corrected chi connectivity index (χ2v) is 19.4. The summed E-state index contributed by atoms with van der Waals surface area (Å²) in [7, 11) is 1.64. The first-order valence-corrected chi connectivity index (χ1v) is 23.6. The highest BCUT2D eigenvalue weighted by atomic mass is 35.5. The van der Waals surface area contributed by atoms with Crippen LogP contribution in [0.2, 0.25) is 10.0 Å². The summed E-state index contributed by atoms with van der Waals surface area (Å²) in [6.45, 7) is 7.50. The maximum atomic E-state index is 13.3. The normalized spacial score (nSPS) is 21.6. The van der Waals surface area contributed by atoms with Gasteiger partial charge in [0.2, 0.25) is 0 Å². The van der Waals surface area contributed by atoms with Gasteiger partial charge in [-0.15, -0.1) is 0 Å². The fraction of sp³-hybridized carbons (Fsp3) is 0.370. The van der Waals surface area contributed by atoms with Crippen LogP contribution >= 0.6 is 23.2 Å². The Bertz CT molecular complexity index is 2720. The molecule has 0 bridgehead atoms. The number of methoxy groups -OCH3 is 1. The van der Waals surface area contributed by atoms with E-state index in [1.807, 2.05) is 60.8 Å². The number of fused-ring (bicyclic) bond motifs is 3. The van der Waals surface area contributed by atoms with Crippen molar-refractivity contribution in [1.29, 1.82) is 0 Å². The summed E-state index contributed by atoms with van der Waals surface area (Å²) >= 11 is 13.7. The molecule has 3 aliphatic rings. The molecule has 336 valence electrons. The zero-order valence-corrected chi connectivity index (χ0v) is 39.0. The zero-order chi connectivity index (χ0) is 45.3. The molecule has 3 aliphatic carbocycles. The number of pyridine rings is 1. The summed E-state index contributed by atoms with van der Waals surface area (Å²) in [5.74, 6) is 3.01. The Hall–Kier alpha value is -5.64. The van der Waals surface area contributed by atoms with E-state index in [1.165, 1.54) is 22.4 Å². The number of carboxylic acids is 1. The van der Waals surface area contributed by atoms with Crippen LogP contribution in [0.15, 0.2) is 103 Å². The monoisotopic (exact) mass is 910 g/mol. The van der Waals surface area contributed by atoms with Gasteiger partial charge in [-0.05, 0) is 177 Å². The molecule has 0 saturated heterocycles. The fourth-order valence-corrected chi connectivity index (χ4v) is 11.4. The Morgan fingerprint density at radius 2 is 1.71 bits per heavy atom. The van der Waals surface area contributed by atoms with Crippen LogP contribution in [0.4, 0.5) is 5.69 Å². The van der Waals surface area contributed by atoms with Crippen LogP contribution in [0.25, 0.3) is 22.5 Å². The Morgan fingerprint density at radius 1 is 0.892 bits per heavy atom. The summed E-state index contributed by atoms with van der Waals surface area (Å²) in [4.78, 5) is 27.3. The molecule has 1 fully saturated rings. The molecule has 2 aromatic heterocycles. The van der Waals surface area contributed by atoms with Crippen LogP contribution in [0.5, 0.6) is 17.2 Å². The average molecular weight is 912 g/mol. The van der Waals surface area contributed by atoms with Crippen molar-refractivity contribution in [2.24, 2.45) is 11.8 Å². The third-order valence-corrected chi connectivity index (χ3v) is 14.9. The van der Waals surface area contributed by atoms with E-state index in [9.17, 15) is 9.90 Å². The van der Waals surface area contributed by atoms with Crippen LogP contribution < -0.4 is 19.5 Å². The van der Waals surface area contributed by atoms with Gasteiger partial charge in [0.1, 0.15) is 29.4 Å². The quantitative estimate of drug-likeness (QED) is 0.110. The van der Waals surface area contributed by atoms with Crippen molar-refractivity contribution in [1.82, 2.24) is 15.0 Å². The number of aromatic nitrogens is 3. The largest absolute Gasteiger partial charge is 0.496 e. The third-order valence-electron chi connectivity index (χ3n) is 14.3. The number of aryl methyl sites for hydroxylation is 2. The lowest BCUT2D eigenvalue weighted by Gasteiger charge is -2.47. The molecule has 0 amide bonds. The van der Waals surface area contributed by atoms with Crippen molar-refractivity contribution < 1.29 is 24.1 Å². The van der Waals surface area contributed by atoms with Gasteiger partial charge in [0.05, 0.1) is 25.0 Å². The summed E-state index contributed by atoms with van der Waals surface area (Å²) in [5.41, 5.74) is 8.78. The number of carboxylic acid groups (broad SMARTS) is 1. The van der Waals surface area contributed by atoms with Crippen LogP contribution in [-0.2, 0) is 29.7 Å². The third kappa shape index (κ3) is 9.02. The standard InChI is InChI=1S/C54H56Cl2N4O5/c1-33(31-65-49-18-24-57-47-13-7-9-35(3)50(47)49)25-37-26-36-27-46(56)44(30-45(36)53(37)19-21-54(22-20-53,52(61)62)60-39-11-8-10-38(55)28-39)43-29-41(16-15-34(43)2)64-32-40-17-23-58-51(59-40)42-12-5-6-14-48(42)63-4/h5-6,8,10-12,14-18,23-24,27-30,33,35,37,60H,7,9,13,19-22,25-26,31-32H2,1-4H3,(H,61,62)/t33-,35-,37+,53?,54?/m1/s1. The van der Waals surface area contributed by atoms with Gasteiger partial charge in [0, 0.05) is 44.9 Å². The first kappa shape index (κ1) is 44.6. The summed E-state index contributed by atoms with van der Waals surface area (Å²) in [6, 6.07) is 29.5. The van der Waals surface area contributed by atoms with E-state index in [0.717, 1.165) is 65.8 Å². The number of anilines is 1. The first-order valence-electron chi connectivity index (χ1n) is 22.8. The molecule has 9 nitrogen and oxygen atoms in total. The van der Waals surface area contributed by atoms with Crippen LogP contribution in [0.1, 0.15) is 98.4 Å². The minimum atomic E-state index is -1.13. The van der Waals surface area contributed by atoms with Crippen LogP contribution in [-0.4, -0.2) is 45.3 Å². The molecular formula is C54H56Cl2N4O5. The lowest BCUT2D eigenvalue weighted by Crippen LogP contribution is -2.53. The number of para-hydroxylation sites is 1. The van der Waals surface area contributed by atoms with Crippen LogP contribution in [0.3, 0.4) is 0 Å². The van der Waals surface area contributed by atoms with Gasteiger partial charge in [-0.1, -0.05) is 61.3 Å². The van der Waals surface area contributed by atoms with E-state index in [2.05, 4.69) is 55.3 Å². The molecular weight excluding hydrogens is 856 g/mol. The molecule has 1 spiro atoms.